The molecule has 2 N–H and O–H groups in total. The van der Waals surface area contributed by atoms with Gasteiger partial charge in [0.1, 0.15) is 0 Å². The van der Waals surface area contributed by atoms with Crippen LogP contribution >= 0.6 is 0 Å². The molecule has 5 heteroatoms. The van der Waals surface area contributed by atoms with E-state index >= 15 is 0 Å². The molecule has 0 bridgehead atoms. The molecule has 0 aliphatic rings. The Hall–Kier alpha value is -0.463. The summed E-state index contributed by atoms with van der Waals surface area (Å²) in [5, 5.41) is 18.4. The Morgan fingerprint density at radius 2 is 1.17 bits per heavy atom. The van der Waals surface area contributed by atoms with Crippen molar-refractivity contribution in [3.63, 3.8) is 0 Å². The fourth-order valence-electron chi connectivity index (χ4n) is 2.00. The van der Waals surface area contributed by atoms with E-state index in [2.05, 4.69) is 0 Å². The van der Waals surface area contributed by atoms with Gasteiger partial charge in [-0.1, -0.05) is 52.4 Å². The Kier molecular flexibility index (Phi) is 11.5. The molecule has 0 saturated heterocycles. The number of unbranched alkanes of at least 4 members (excludes halogenated alkanes) is 4. The fraction of sp³-hybridized carbons (Fsp3) is 0.846. The van der Waals surface area contributed by atoms with Crippen LogP contribution in [-0.2, 0) is 9.59 Å². The minimum absolute atomic E-state index is 0. The first-order valence-corrected chi connectivity index (χ1v) is 6.48. The third kappa shape index (κ3) is 5.93. The molecule has 0 aliphatic carbocycles. The predicted octanol–water partition coefficient (Wildman–Crippen LogP) is 2.65. The molecule has 0 fully saturated rings. The molecular weight excluding hydrogens is 227 g/mol. The molecule has 0 saturated carbocycles. The molecule has 102 valence electrons. The van der Waals surface area contributed by atoms with Crippen molar-refractivity contribution in [2.75, 3.05) is 0 Å². The van der Waals surface area contributed by atoms with Crippen molar-refractivity contribution in [1.82, 2.24) is 0 Å². The van der Waals surface area contributed by atoms with Gasteiger partial charge in [-0.05, 0) is 12.8 Å². The Morgan fingerprint density at radius 1 is 0.833 bits per heavy atom. The van der Waals surface area contributed by atoms with Crippen LogP contribution in [0.25, 0.3) is 0 Å². The second kappa shape index (κ2) is 10.5. The third-order valence-corrected chi connectivity index (χ3v) is 3.23. The van der Waals surface area contributed by atoms with Gasteiger partial charge in [0.15, 0.2) is 5.41 Å². The molecule has 4 nitrogen and oxygen atoms in total. The van der Waals surface area contributed by atoms with Crippen molar-refractivity contribution in [2.24, 2.45) is 5.41 Å². The monoisotopic (exact) mass is 252 g/mol. The average molecular weight is 252 g/mol. The summed E-state index contributed by atoms with van der Waals surface area (Å²) in [4.78, 5) is 22.5. The van der Waals surface area contributed by atoms with Crippen LogP contribution < -0.4 is 0 Å². The van der Waals surface area contributed by atoms with Crippen LogP contribution in [0.2, 0.25) is 0 Å². The van der Waals surface area contributed by atoms with Gasteiger partial charge in [-0.3, -0.25) is 9.59 Å². The van der Waals surface area contributed by atoms with Gasteiger partial charge in [-0.25, -0.2) is 0 Å². The summed E-state index contributed by atoms with van der Waals surface area (Å²) in [5.41, 5.74) is -1.57. The number of carboxylic acid groups (broad SMARTS) is 2. The van der Waals surface area contributed by atoms with Gasteiger partial charge in [0.2, 0.25) is 0 Å². The molecule has 0 aromatic carbocycles. The maximum atomic E-state index is 11.3. The van der Waals surface area contributed by atoms with E-state index in [1.165, 1.54) is 0 Å². The first-order valence-electron chi connectivity index (χ1n) is 6.48. The van der Waals surface area contributed by atoms with Gasteiger partial charge < -0.3 is 10.2 Å². The summed E-state index contributed by atoms with van der Waals surface area (Å²) < 4.78 is 0. The van der Waals surface area contributed by atoms with Crippen molar-refractivity contribution in [3.8, 4) is 0 Å². The van der Waals surface area contributed by atoms with E-state index < -0.39 is 17.4 Å². The molecule has 0 aromatic heterocycles. The summed E-state index contributed by atoms with van der Waals surface area (Å²) in [7, 11) is 0. The standard InChI is InChI=1S/C13H24O4.Li.H/c1-3-5-7-9-13(11(14)15,12(16)17)10-8-6-4-2;;/h3-10H2,1-2H3,(H,14,15)(H,16,17);;. The Labute approximate surface area is 121 Å². The Balaban J connectivity index is 0. The van der Waals surface area contributed by atoms with E-state index in [9.17, 15) is 19.8 Å². The zero-order valence-corrected chi connectivity index (χ0v) is 10.9. The Bertz CT molecular complexity index is 227. The van der Waals surface area contributed by atoms with Crippen LogP contribution in [0.5, 0.6) is 0 Å². The van der Waals surface area contributed by atoms with E-state index in [1.807, 2.05) is 13.8 Å². The number of rotatable bonds is 10. The first-order chi connectivity index (χ1) is 8.01. The Morgan fingerprint density at radius 3 is 1.39 bits per heavy atom. The molecule has 0 spiro atoms. The van der Waals surface area contributed by atoms with E-state index in [1.54, 1.807) is 0 Å². The van der Waals surface area contributed by atoms with Crippen molar-refractivity contribution in [3.05, 3.63) is 0 Å². The first kappa shape index (κ1) is 19.9. The summed E-state index contributed by atoms with van der Waals surface area (Å²) in [6, 6.07) is 0. The molecule has 0 atom stereocenters. The van der Waals surface area contributed by atoms with Crippen LogP contribution in [0, 0.1) is 5.41 Å². The number of carboxylic acids is 2. The van der Waals surface area contributed by atoms with Gasteiger partial charge in [-0.15, -0.1) is 0 Å². The van der Waals surface area contributed by atoms with E-state index in [-0.39, 0.29) is 31.7 Å². The van der Waals surface area contributed by atoms with E-state index in [4.69, 9.17) is 0 Å². The SMILES string of the molecule is CCCCCC(CCCCC)(C(=O)O)C(=O)O.[LiH]. The summed E-state index contributed by atoms with van der Waals surface area (Å²) in [5.74, 6) is -2.37. The van der Waals surface area contributed by atoms with Crippen LogP contribution in [0.15, 0.2) is 0 Å². The fourth-order valence-corrected chi connectivity index (χ4v) is 2.00. The van der Waals surface area contributed by atoms with Gasteiger partial charge in [0, 0.05) is 0 Å². The zero-order chi connectivity index (χ0) is 13.3. The maximum absolute atomic E-state index is 11.3. The number of carbonyl (C=O) groups is 2. The molecule has 18 heavy (non-hydrogen) atoms. The number of aliphatic carboxylic acids is 2. The summed E-state index contributed by atoms with van der Waals surface area (Å²) in [6.07, 6.45) is 5.52. The minimum atomic E-state index is -1.57. The van der Waals surface area contributed by atoms with Crippen molar-refractivity contribution in [1.29, 1.82) is 0 Å². The molecular formula is C13H25LiO4. The number of hydrogen-bond acceptors (Lipinski definition) is 2. The predicted molar refractivity (Wildman–Crippen MR) is 73.1 cm³/mol. The van der Waals surface area contributed by atoms with E-state index in [0.717, 1.165) is 25.7 Å². The molecule has 0 aliphatic heterocycles. The average Bonchev–Trinajstić information content (AvgIpc) is 2.26. The van der Waals surface area contributed by atoms with Crippen LogP contribution in [-0.4, -0.2) is 41.0 Å². The van der Waals surface area contributed by atoms with Crippen molar-refractivity contribution < 1.29 is 19.8 Å². The molecule has 0 rings (SSSR count). The molecule has 0 unspecified atom stereocenters. The number of hydrogen-bond donors (Lipinski definition) is 2. The molecule has 0 aromatic rings. The topological polar surface area (TPSA) is 74.6 Å². The van der Waals surface area contributed by atoms with Crippen molar-refractivity contribution >= 4 is 30.8 Å². The molecule has 0 amide bonds. The third-order valence-electron chi connectivity index (χ3n) is 3.23. The normalized spacial score (nSPS) is 10.8. The van der Waals surface area contributed by atoms with Crippen LogP contribution in [0.1, 0.15) is 65.2 Å². The van der Waals surface area contributed by atoms with Crippen LogP contribution in [0.4, 0.5) is 0 Å². The van der Waals surface area contributed by atoms with Gasteiger partial charge >= 0.3 is 30.8 Å². The quantitative estimate of drug-likeness (QED) is 0.356. The van der Waals surface area contributed by atoms with Gasteiger partial charge in [0.05, 0.1) is 0 Å². The van der Waals surface area contributed by atoms with E-state index in [0.29, 0.717) is 12.8 Å². The second-order valence-corrected chi connectivity index (χ2v) is 4.61. The zero-order valence-electron chi connectivity index (χ0n) is 10.9. The summed E-state index contributed by atoms with van der Waals surface area (Å²) >= 11 is 0. The molecule has 0 radical (unpaired) electrons. The summed E-state index contributed by atoms with van der Waals surface area (Å²) in [6.45, 7) is 4.03. The van der Waals surface area contributed by atoms with Gasteiger partial charge in [0.25, 0.3) is 0 Å². The van der Waals surface area contributed by atoms with Crippen LogP contribution in [0.3, 0.4) is 0 Å². The molecule has 0 heterocycles. The van der Waals surface area contributed by atoms with Crippen molar-refractivity contribution in [2.45, 2.75) is 65.2 Å². The van der Waals surface area contributed by atoms with Gasteiger partial charge in [-0.2, -0.15) is 0 Å². The second-order valence-electron chi connectivity index (χ2n) is 4.61.